The summed E-state index contributed by atoms with van der Waals surface area (Å²) in [6.07, 6.45) is -11.9. The van der Waals surface area contributed by atoms with Gasteiger partial charge in [-0.1, -0.05) is 158 Å². The highest BCUT2D eigenvalue weighted by molar-refractivity contribution is 5.93. The van der Waals surface area contributed by atoms with Gasteiger partial charge in [0.2, 0.25) is 0 Å². The van der Waals surface area contributed by atoms with Gasteiger partial charge in [0.05, 0.1) is 57.7 Å². The number of carbonyl (C=O) groups is 8. The van der Waals surface area contributed by atoms with Crippen molar-refractivity contribution in [2.24, 2.45) is 0 Å². The summed E-state index contributed by atoms with van der Waals surface area (Å²) < 4.78 is 74.3. The van der Waals surface area contributed by atoms with E-state index in [1.807, 2.05) is 0 Å². The Kier molecular flexibility index (Phi) is 23.5. The van der Waals surface area contributed by atoms with Crippen molar-refractivity contribution < 1.29 is 95.2 Å². The quantitative estimate of drug-likeness (QED) is 0.0211. The van der Waals surface area contributed by atoms with Crippen molar-refractivity contribution in [3.05, 3.63) is 299 Å². The summed E-state index contributed by atoms with van der Waals surface area (Å²) in [5.74, 6) is -6.72. The predicted molar refractivity (Wildman–Crippen MR) is 335 cm³/mol. The summed E-state index contributed by atoms with van der Waals surface area (Å²) in [6.45, 7) is -1.41. The lowest BCUT2D eigenvalue weighted by molar-refractivity contribution is -0.298. The highest BCUT2D eigenvalue weighted by atomic mass is 16.7. The van der Waals surface area contributed by atoms with Crippen LogP contribution in [0.4, 0.5) is 0 Å². The number of hydrogen-bond donors (Lipinski definition) is 0. The van der Waals surface area contributed by atoms with E-state index < -0.39 is 122 Å². The third-order valence-electron chi connectivity index (χ3n) is 14.8. The maximum atomic E-state index is 14.1. The van der Waals surface area contributed by atoms with Crippen LogP contribution < -0.4 is 0 Å². The average molecular weight is 1270 g/mol. The first-order chi connectivity index (χ1) is 46.0. The van der Waals surface area contributed by atoms with Crippen molar-refractivity contribution in [2.45, 2.75) is 74.3 Å². The SMILES string of the molecule is O=C(OCC1O[C@H](OCC/C=C/CCO[C@@H]2OC(COC(=O)c3ccccc3)[C@H](OC(=O)c3ccccc3)[C@H](OC(=O)c3ccccc3)C2OC(=O)c2ccccc2)C(OC(=O)c2ccccc2)[C@H](OC(=O)c2ccccc2)[C@@H]1OC(=O)c1ccccc1)c1ccccc1. The Morgan fingerprint density at radius 1 is 0.266 bits per heavy atom. The minimum absolute atomic E-state index is 0.108. The largest absolute Gasteiger partial charge is 0.459 e. The van der Waals surface area contributed by atoms with E-state index in [0.29, 0.717) is 0 Å². The molecule has 0 bridgehead atoms. The fourth-order valence-electron chi connectivity index (χ4n) is 10.1. The molecule has 20 heteroatoms. The number of rotatable bonds is 26. The zero-order valence-electron chi connectivity index (χ0n) is 50.4. The molecule has 8 aromatic carbocycles. The van der Waals surface area contributed by atoms with Crippen LogP contribution in [0.3, 0.4) is 0 Å². The normalized spacial score (nSPS) is 20.7. The summed E-state index contributed by atoms with van der Waals surface area (Å²) >= 11 is 0. The van der Waals surface area contributed by atoms with Crippen molar-refractivity contribution in [3.63, 3.8) is 0 Å². The van der Waals surface area contributed by atoms with E-state index in [1.165, 1.54) is 72.8 Å². The molecule has 480 valence electrons. The molecule has 0 N–H and O–H groups in total. The van der Waals surface area contributed by atoms with Crippen LogP contribution in [0.25, 0.3) is 0 Å². The molecule has 10 rings (SSSR count). The van der Waals surface area contributed by atoms with E-state index in [2.05, 4.69) is 0 Å². The summed E-state index contributed by atoms with van der Waals surface area (Å²) in [4.78, 5) is 111. The van der Waals surface area contributed by atoms with Gasteiger partial charge >= 0.3 is 47.8 Å². The summed E-state index contributed by atoms with van der Waals surface area (Å²) in [7, 11) is 0. The maximum absolute atomic E-state index is 14.1. The van der Waals surface area contributed by atoms with Gasteiger partial charge in [-0.25, -0.2) is 38.4 Å². The standard InChI is InChI=1S/C74H64O20/c75-65(49-29-11-3-12-30-49)85-47-57-59(89-67(77)51-33-15-5-16-34-51)61(91-69(79)53-37-19-7-20-38-53)63(93-71(81)55-41-23-9-24-42-55)73(87-57)83-45-27-1-2-28-46-84-74-64(94-72(82)56-43-25-10-26-44-56)62(92-70(80)54-39-21-8-22-40-54)60(90-68(78)52-35-17-6-18-36-52)58(88-74)48-86-66(76)50-31-13-4-14-32-50/h1-26,29-44,57-64,73-74H,27-28,45-48H2/b2-1+/t57?,58?,59-,60+,61-,62+,63?,64?,73+,74-. The molecule has 10 atom stereocenters. The first-order valence-corrected chi connectivity index (χ1v) is 30.2. The molecular weight excluding hydrogens is 1210 g/mol. The molecule has 2 fully saturated rings. The Labute approximate surface area is 540 Å². The number of ether oxygens (including phenoxy) is 12. The molecule has 2 heterocycles. The summed E-state index contributed by atoms with van der Waals surface area (Å²) in [5, 5.41) is 0. The maximum Gasteiger partial charge on any atom is 0.338 e. The van der Waals surface area contributed by atoms with Crippen molar-refractivity contribution >= 4 is 47.8 Å². The smallest absolute Gasteiger partial charge is 0.338 e. The van der Waals surface area contributed by atoms with Crippen LogP contribution in [0.2, 0.25) is 0 Å². The lowest BCUT2D eigenvalue weighted by Gasteiger charge is -2.44. The Bertz CT molecular complexity index is 3560. The second kappa shape index (κ2) is 33.4. The van der Waals surface area contributed by atoms with Crippen LogP contribution in [0.15, 0.2) is 255 Å². The molecule has 0 amide bonds. The van der Waals surface area contributed by atoms with Gasteiger partial charge in [-0.2, -0.15) is 0 Å². The van der Waals surface area contributed by atoms with Gasteiger partial charge in [0.1, 0.15) is 25.4 Å². The highest BCUT2D eigenvalue weighted by Crippen LogP contribution is 2.34. The van der Waals surface area contributed by atoms with E-state index in [9.17, 15) is 38.4 Å². The first kappa shape index (κ1) is 66.0. The van der Waals surface area contributed by atoms with Gasteiger partial charge in [-0.3, -0.25) is 0 Å². The third-order valence-corrected chi connectivity index (χ3v) is 14.8. The summed E-state index contributed by atoms with van der Waals surface area (Å²) in [5.41, 5.74) is 1.10. The van der Waals surface area contributed by atoms with Crippen LogP contribution in [0, 0.1) is 0 Å². The minimum Gasteiger partial charge on any atom is -0.459 e. The molecule has 0 aliphatic carbocycles. The fourth-order valence-corrected chi connectivity index (χ4v) is 10.1. The average Bonchev–Trinajstić information content (AvgIpc) is 0.789. The number of carbonyl (C=O) groups excluding carboxylic acids is 8. The van der Waals surface area contributed by atoms with Gasteiger partial charge in [-0.05, 0) is 110 Å². The first-order valence-electron chi connectivity index (χ1n) is 30.2. The van der Waals surface area contributed by atoms with E-state index in [1.54, 1.807) is 182 Å². The van der Waals surface area contributed by atoms with Gasteiger partial charge in [0.25, 0.3) is 0 Å². The minimum atomic E-state index is -1.65. The fraction of sp³-hybridized carbons (Fsp3) is 0.216. The lowest BCUT2D eigenvalue weighted by atomic mass is 9.97. The molecule has 20 nitrogen and oxygen atoms in total. The van der Waals surface area contributed by atoms with Crippen LogP contribution in [-0.4, -0.2) is 136 Å². The summed E-state index contributed by atoms with van der Waals surface area (Å²) in [6, 6.07) is 64.1. The molecule has 94 heavy (non-hydrogen) atoms. The van der Waals surface area contributed by atoms with Crippen molar-refractivity contribution in [1.29, 1.82) is 0 Å². The van der Waals surface area contributed by atoms with E-state index in [4.69, 9.17) is 56.8 Å². The molecule has 0 saturated carbocycles. The van der Waals surface area contributed by atoms with E-state index >= 15 is 0 Å². The van der Waals surface area contributed by atoms with Gasteiger partial charge in [0, 0.05) is 0 Å². The molecule has 0 spiro atoms. The van der Waals surface area contributed by atoms with Gasteiger partial charge in [-0.15, -0.1) is 0 Å². The molecule has 2 aliphatic heterocycles. The number of esters is 8. The molecule has 2 aliphatic rings. The number of benzene rings is 8. The molecule has 4 unspecified atom stereocenters. The Balaban J connectivity index is 0.905. The predicted octanol–water partition coefficient (Wildman–Crippen LogP) is 10.9. The Hall–Kier alpha value is -10.9. The zero-order chi connectivity index (χ0) is 65.4. The molecule has 8 aromatic rings. The third kappa shape index (κ3) is 18.0. The zero-order valence-corrected chi connectivity index (χ0v) is 50.4. The Morgan fingerprint density at radius 3 is 0.702 bits per heavy atom. The van der Waals surface area contributed by atoms with Crippen LogP contribution in [0.5, 0.6) is 0 Å². The second-order valence-corrected chi connectivity index (χ2v) is 21.2. The molecule has 0 aromatic heterocycles. The van der Waals surface area contributed by atoms with Crippen LogP contribution in [0.1, 0.15) is 95.7 Å². The van der Waals surface area contributed by atoms with Crippen molar-refractivity contribution in [1.82, 2.24) is 0 Å². The van der Waals surface area contributed by atoms with E-state index in [0.717, 1.165) is 0 Å². The molecule has 2 saturated heterocycles. The molecular formula is C74H64O20. The van der Waals surface area contributed by atoms with Gasteiger partial charge in [0.15, 0.2) is 49.2 Å². The van der Waals surface area contributed by atoms with Crippen LogP contribution in [-0.2, 0) is 56.8 Å². The topological polar surface area (TPSA) is 247 Å². The monoisotopic (exact) mass is 1270 g/mol. The second-order valence-electron chi connectivity index (χ2n) is 21.2. The Morgan fingerprint density at radius 2 is 0.468 bits per heavy atom. The van der Waals surface area contributed by atoms with Gasteiger partial charge < -0.3 is 56.8 Å². The molecule has 0 radical (unpaired) electrons. The van der Waals surface area contributed by atoms with E-state index in [-0.39, 0.29) is 70.6 Å². The van der Waals surface area contributed by atoms with Crippen molar-refractivity contribution in [2.75, 3.05) is 26.4 Å². The van der Waals surface area contributed by atoms with Crippen molar-refractivity contribution in [3.8, 4) is 0 Å². The highest BCUT2D eigenvalue weighted by Gasteiger charge is 2.55. The lowest BCUT2D eigenvalue weighted by Crippen LogP contribution is -2.63. The van der Waals surface area contributed by atoms with Crippen LogP contribution >= 0.6 is 0 Å². The number of hydrogen-bond acceptors (Lipinski definition) is 20.